The Morgan fingerprint density at radius 1 is 1.42 bits per heavy atom. The minimum atomic E-state index is 0.138. The van der Waals surface area contributed by atoms with Gasteiger partial charge in [0.1, 0.15) is 0 Å². The Labute approximate surface area is 120 Å². The fourth-order valence-corrected chi connectivity index (χ4v) is 2.52. The summed E-state index contributed by atoms with van der Waals surface area (Å²) < 4.78 is 0. The normalized spacial score (nSPS) is 15.0. The molecule has 1 aliphatic rings. The third-order valence-corrected chi connectivity index (χ3v) is 3.76. The van der Waals surface area contributed by atoms with Gasteiger partial charge in [-0.15, -0.1) is 0 Å². The predicted molar refractivity (Wildman–Crippen MR) is 80.9 cm³/mol. The number of hydrogen-bond acceptors (Lipinski definition) is 3. The summed E-state index contributed by atoms with van der Waals surface area (Å²) >= 11 is 6.38. The number of aliphatic hydroxyl groups is 1. The van der Waals surface area contributed by atoms with Crippen LogP contribution in [0.25, 0.3) is 0 Å². The SMILES string of the molecule is CC(C)N(CCO)c1ccc(CNC2CC2)cc1Cl. The lowest BCUT2D eigenvalue weighted by atomic mass is 10.1. The number of halogens is 1. The standard InChI is InChI=1S/C15H23ClN2O/c1-11(2)18(7-8-19)15-6-3-12(9-14(15)16)10-17-13-4-5-13/h3,6,9,11,13,17,19H,4-5,7-8,10H2,1-2H3. The second kappa shape index (κ2) is 6.60. The second-order valence-electron chi connectivity index (χ2n) is 5.45. The van der Waals surface area contributed by atoms with Gasteiger partial charge in [-0.2, -0.15) is 0 Å². The quantitative estimate of drug-likeness (QED) is 0.807. The van der Waals surface area contributed by atoms with Gasteiger partial charge in [-0.3, -0.25) is 0 Å². The molecule has 0 amide bonds. The Hall–Kier alpha value is -0.770. The van der Waals surface area contributed by atoms with E-state index < -0.39 is 0 Å². The minimum absolute atomic E-state index is 0.138. The lowest BCUT2D eigenvalue weighted by Gasteiger charge is -2.29. The monoisotopic (exact) mass is 282 g/mol. The summed E-state index contributed by atoms with van der Waals surface area (Å²) in [6, 6.07) is 7.23. The van der Waals surface area contributed by atoms with Gasteiger partial charge in [0.05, 0.1) is 17.3 Å². The number of nitrogens with zero attached hydrogens (tertiary/aromatic N) is 1. The largest absolute Gasteiger partial charge is 0.395 e. The number of hydrogen-bond donors (Lipinski definition) is 2. The molecule has 0 heterocycles. The van der Waals surface area contributed by atoms with Crippen LogP contribution in [-0.2, 0) is 6.54 Å². The Bertz CT molecular complexity index is 419. The molecule has 1 fully saturated rings. The number of rotatable bonds is 7. The van der Waals surface area contributed by atoms with Gasteiger partial charge in [-0.1, -0.05) is 17.7 Å². The van der Waals surface area contributed by atoms with Crippen molar-refractivity contribution in [2.45, 2.75) is 45.3 Å². The predicted octanol–water partition coefficient (Wildman–Crippen LogP) is 2.80. The van der Waals surface area contributed by atoms with Gasteiger partial charge in [-0.05, 0) is 44.4 Å². The van der Waals surface area contributed by atoms with Crippen LogP contribution >= 0.6 is 11.6 Å². The van der Waals surface area contributed by atoms with Crippen LogP contribution in [-0.4, -0.2) is 30.3 Å². The first-order chi connectivity index (χ1) is 9.11. The summed E-state index contributed by atoms with van der Waals surface area (Å²) in [5.74, 6) is 0. The number of aliphatic hydroxyl groups excluding tert-OH is 1. The molecular formula is C15H23ClN2O. The highest BCUT2D eigenvalue weighted by Crippen LogP contribution is 2.28. The summed E-state index contributed by atoms with van der Waals surface area (Å²) in [4.78, 5) is 2.13. The molecule has 4 heteroatoms. The molecule has 0 radical (unpaired) electrons. The van der Waals surface area contributed by atoms with Crippen molar-refractivity contribution >= 4 is 17.3 Å². The highest BCUT2D eigenvalue weighted by molar-refractivity contribution is 6.33. The summed E-state index contributed by atoms with van der Waals surface area (Å²) in [6.45, 7) is 5.84. The number of benzene rings is 1. The molecular weight excluding hydrogens is 260 g/mol. The molecule has 0 atom stereocenters. The van der Waals surface area contributed by atoms with Gasteiger partial charge in [0, 0.05) is 25.2 Å². The van der Waals surface area contributed by atoms with Gasteiger partial charge in [0.15, 0.2) is 0 Å². The molecule has 0 spiro atoms. The highest BCUT2D eigenvalue weighted by Gasteiger charge is 2.20. The van der Waals surface area contributed by atoms with Gasteiger partial charge in [0.2, 0.25) is 0 Å². The van der Waals surface area contributed by atoms with E-state index in [0.717, 1.165) is 17.3 Å². The van der Waals surface area contributed by atoms with Crippen LogP contribution in [0.5, 0.6) is 0 Å². The van der Waals surface area contributed by atoms with Crippen molar-refractivity contribution in [2.24, 2.45) is 0 Å². The molecule has 19 heavy (non-hydrogen) atoms. The molecule has 0 unspecified atom stereocenters. The summed E-state index contributed by atoms with van der Waals surface area (Å²) in [6.07, 6.45) is 2.59. The van der Waals surface area contributed by atoms with Gasteiger partial charge >= 0.3 is 0 Å². The first kappa shape index (κ1) is 14.6. The van der Waals surface area contributed by atoms with Crippen molar-refractivity contribution in [3.05, 3.63) is 28.8 Å². The lowest BCUT2D eigenvalue weighted by molar-refractivity contribution is 0.299. The van der Waals surface area contributed by atoms with E-state index >= 15 is 0 Å². The molecule has 0 aliphatic heterocycles. The fourth-order valence-electron chi connectivity index (χ4n) is 2.21. The maximum atomic E-state index is 9.15. The number of nitrogens with one attached hydrogen (secondary N) is 1. The molecule has 0 aromatic heterocycles. The molecule has 0 bridgehead atoms. The van der Waals surface area contributed by atoms with E-state index in [2.05, 4.69) is 36.2 Å². The third kappa shape index (κ3) is 4.10. The van der Waals surface area contributed by atoms with Crippen LogP contribution in [0.1, 0.15) is 32.3 Å². The van der Waals surface area contributed by atoms with Crippen molar-refractivity contribution in [1.82, 2.24) is 5.32 Å². The zero-order valence-corrected chi connectivity index (χ0v) is 12.5. The van der Waals surface area contributed by atoms with Crippen LogP contribution in [0.3, 0.4) is 0 Å². The number of anilines is 1. The lowest BCUT2D eigenvalue weighted by Crippen LogP contribution is -2.33. The fraction of sp³-hybridized carbons (Fsp3) is 0.600. The van der Waals surface area contributed by atoms with E-state index in [1.807, 2.05) is 6.07 Å². The molecule has 2 rings (SSSR count). The van der Waals surface area contributed by atoms with Crippen molar-refractivity contribution in [3.63, 3.8) is 0 Å². The maximum absolute atomic E-state index is 9.15. The molecule has 1 saturated carbocycles. The first-order valence-electron chi connectivity index (χ1n) is 7.01. The molecule has 1 aromatic carbocycles. The van der Waals surface area contributed by atoms with Crippen LogP contribution < -0.4 is 10.2 Å². The molecule has 3 nitrogen and oxygen atoms in total. The van der Waals surface area contributed by atoms with Crippen LogP contribution in [0.2, 0.25) is 5.02 Å². The molecule has 0 saturated heterocycles. The summed E-state index contributed by atoms with van der Waals surface area (Å²) in [5.41, 5.74) is 2.22. The van der Waals surface area contributed by atoms with Crippen LogP contribution in [0, 0.1) is 0 Å². The second-order valence-corrected chi connectivity index (χ2v) is 5.86. The Morgan fingerprint density at radius 3 is 2.68 bits per heavy atom. The van der Waals surface area contributed by atoms with E-state index in [1.165, 1.54) is 18.4 Å². The zero-order chi connectivity index (χ0) is 13.8. The van der Waals surface area contributed by atoms with Gasteiger partial charge in [-0.25, -0.2) is 0 Å². The topological polar surface area (TPSA) is 35.5 Å². The van der Waals surface area contributed by atoms with E-state index in [0.29, 0.717) is 18.6 Å². The Morgan fingerprint density at radius 2 is 2.16 bits per heavy atom. The molecule has 1 aliphatic carbocycles. The average Bonchev–Trinajstić information content (AvgIpc) is 3.18. The van der Waals surface area contributed by atoms with Crippen LogP contribution in [0.15, 0.2) is 18.2 Å². The van der Waals surface area contributed by atoms with E-state index in [9.17, 15) is 0 Å². The average molecular weight is 283 g/mol. The Kier molecular flexibility index (Phi) is 5.08. The van der Waals surface area contributed by atoms with Crippen LogP contribution in [0.4, 0.5) is 5.69 Å². The van der Waals surface area contributed by atoms with E-state index in [1.54, 1.807) is 0 Å². The van der Waals surface area contributed by atoms with Crippen molar-refractivity contribution in [2.75, 3.05) is 18.1 Å². The van der Waals surface area contributed by atoms with E-state index in [4.69, 9.17) is 16.7 Å². The van der Waals surface area contributed by atoms with Gasteiger partial charge < -0.3 is 15.3 Å². The molecule has 2 N–H and O–H groups in total. The van der Waals surface area contributed by atoms with E-state index in [-0.39, 0.29) is 6.61 Å². The van der Waals surface area contributed by atoms with Gasteiger partial charge in [0.25, 0.3) is 0 Å². The summed E-state index contributed by atoms with van der Waals surface area (Å²) in [5, 5.41) is 13.4. The zero-order valence-electron chi connectivity index (χ0n) is 11.7. The van der Waals surface area contributed by atoms with Crippen molar-refractivity contribution in [3.8, 4) is 0 Å². The summed E-state index contributed by atoms with van der Waals surface area (Å²) in [7, 11) is 0. The third-order valence-electron chi connectivity index (χ3n) is 3.46. The Balaban J connectivity index is 2.07. The van der Waals surface area contributed by atoms with Crippen molar-refractivity contribution in [1.29, 1.82) is 0 Å². The molecule has 1 aromatic rings. The minimum Gasteiger partial charge on any atom is -0.395 e. The maximum Gasteiger partial charge on any atom is 0.0642 e. The van der Waals surface area contributed by atoms with Crippen molar-refractivity contribution < 1.29 is 5.11 Å². The molecule has 106 valence electrons. The smallest absolute Gasteiger partial charge is 0.0642 e. The highest BCUT2D eigenvalue weighted by atomic mass is 35.5. The first-order valence-corrected chi connectivity index (χ1v) is 7.39.